The van der Waals surface area contributed by atoms with Crippen molar-refractivity contribution in [2.45, 2.75) is 62.6 Å². The normalized spacial score (nSPS) is 20.5. The maximum absolute atomic E-state index is 7.32. The van der Waals surface area contributed by atoms with Gasteiger partial charge in [-0.05, 0) is 67.8 Å². The maximum Gasteiger partial charge on any atom is 0.0587 e. The molecule has 2 atom stereocenters. The SMILES string of the molecule is CC#N.CCN(CCCc1ccc(C2CC(Cl)C(Cl)C2)cc1)CCc1ccccc1. The fraction of sp³-hybridized carbons (Fsp3) is 0.500. The molecule has 2 nitrogen and oxygen atoms in total. The summed E-state index contributed by atoms with van der Waals surface area (Å²) in [5, 5.41) is 7.56. The zero-order valence-electron chi connectivity index (χ0n) is 18.2. The summed E-state index contributed by atoms with van der Waals surface area (Å²) in [6, 6.07) is 21.7. The van der Waals surface area contributed by atoms with Gasteiger partial charge in [0, 0.05) is 13.5 Å². The Morgan fingerprint density at radius 2 is 1.47 bits per heavy atom. The molecule has 2 aromatic carbocycles. The van der Waals surface area contributed by atoms with Gasteiger partial charge in [-0.15, -0.1) is 23.2 Å². The van der Waals surface area contributed by atoms with E-state index in [0.29, 0.717) is 5.92 Å². The van der Waals surface area contributed by atoms with Crippen molar-refractivity contribution in [3.05, 3.63) is 71.3 Å². The van der Waals surface area contributed by atoms with Crippen molar-refractivity contribution in [2.24, 2.45) is 0 Å². The van der Waals surface area contributed by atoms with E-state index in [2.05, 4.69) is 66.4 Å². The molecule has 0 aromatic heterocycles. The monoisotopic (exact) mass is 444 g/mol. The van der Waals surface area contributed by atoms with Crippen LogP contribution in [0.4, 0.5) is 0 Å². The van der Waals surface area contributed by atoms with Crippen LogP contribution < -0.4 is 0 Å². The Morgan fingerprint density at radius 1 is 0.900 bits per heavy atom. The number of benzene rings is 2. The molecule has 2 unspecified atom stereocenters. The molecule has 162 valence electrons. The summed E-state index contributed by atoms with van der Waals surface area (Å²) in [5.41, 5.74) is 4.25. The predicted molar refractivity (Wildman–Crippen MR) is 130 cm³/mol. The van der Waals surface area contributed by atoms with E-state index in [1.54, 1.807) is 6.07 Å². The lowest BCUT2D eigenvalue weighted by atomic mass is 9.96. The van der Waals surface area contributed by atoms with Crippen molar-refractivity contribution in [2.75, 3.05) is 19.6 Å². The molecule has 0 saturated heterocycles. The number of rotatable bonds is 9. The second-order valence-electron chi connectivity index (χ2n) is 7.94. The summed E-state index contributed by atoms with van der Waals surface area (Å²) in [6.45, 7) is 7.11. The van der Waals surface area contributed by atoms with Crippen LogP contribution in [0.15, 0.2) is 54.6 Å². The summed E-state index contributed by atoms with van der Waals surface area (Å²) >= 11 is 12.6. The second kappa shape index (κ2) is 13.7. The number of likely N-dealkylation sites (N-methyl/N-ethyl adjacent to an activating group) is 1. The molecule has 4 heteroatoms. The maximum atomic E-state index is 7.32. The minimum Gasteiger partial charge on any atom is -0.303 e. The van der Waals surface area contributed by atoms with Crippen LogP contribution in [-0.4, -0.2) is 35.3 Å². The Bertz CT molecular complexity index is 745. The molecule has 1 saturated carbocycles. The molecule has 1 aliphatic rings. The molecule has 30 heavy (non-hydrogen) atoms. The molecule has 3 rings (SSSR count). The van der Waals surface area contributed by atoms with Gasteiger partial charge in [-0.1, -0.05) is 61.5 Å². The molecule has 0 aliphatic heterocycles. The molecule has 0 amide bonds. The molecule has 0 bridgehead atoms. The van der Waals surface area contributed by atoms with Crippen LogP contribution in [0, 0.1) is 11.3 Å². The first-order valence-electron chi connectivity index (χ1n) is 11.0. The number of hydrogen-bond donors (Lipinski definition) is 0. The smallest absolute Gasteiger partial charge is 0.0587 e. The largest absolute Gasteiger partial charge is 0.303 e. The van der Waals surface area contributed by atoms with E-state index in [-0.39, 0.29) is 10.8 Å². The Morgan fingerprint density at radius 3 is 2.03 bits per heavy atom. The van der Waals surface area contributed by atoms with Crippen molar-refractivity contribution in [1.29, 1.82) is 5.26 Å². The molecule has 0 heterocycles. The van der Waals surface area contributed by atoms with Crippen LogP contribution in [0.2, 0.25) is 0 Å². The topological polar surface area (TPSA) is 27.0 Å². The van der Waals surface area contributed by atoms with Crippen LogP contribution >= 0.6 is 23.2 Å². The fourth-order valence-corrected chi connectivity index (χ4v) is 4.67. The lowest BCUT2D eigenvalue weighted by Crippen LogP contribution is -2.27. The minimum atomic E-state index is 0.118. The second-order valence-corrected chi connectivity index (χ2v) is 9.06. The molecule has 1 aliphatic carbocycles. The van der Waals surface area contributed by atoms with E-state index < -0.39 is 0 Å². The summed E-state index contributed by atoms with van der Waals surface area (Å²) in [7, 11) is 0. The average Bonchev–Trinajstić information content (AvgIpc) is 3.10. The standard InChI is InChI=1S/C24H31Cl2N.C2H3N/c1-2-27(16-14-19-7-4-3-5-8-19)15-6-9-20-10-12-21(13-11-20)22-17-23(25)24(26)18-22;1-2-3/h3-5,7-8,10-13,22-24H,2,6,9,14-18H2,1H3;1H3. The van der Waals surface area contributed by atoms with Gasteiger partial charge in [0.05, 0.1) is 16.8 Å². The predicted octanol–water partition coefficient (Wildman–Crippen LogP) is 6.81. The van der Waals surface area contributed by atoms with Crippen LogP contribution in [0.5, 0.6) is 0 Å². The highest BCUT2D eigenvalue weighted by atomic mass is 35.5. The van der Waals surface area contributed by atoms with Gasteiger partial charge < -0.3 is 4.90 Å². The van der Waals surface area contributed by atoms with E-state index in [1.807, 2.05) is 0 Å². The van der Waals surface area contributed by atoms with E-state index in [9.17, 15) is 0 Å². The number of nitriles is 1. The Balaban J connectivity index is 0.00000101. The minimum absolute atomic E-state index is 0.118. The van der Waals surface area contributed by atoms with Crippen molar-refractivity contribution in [3.63, 3.8) is 0 Å². The van der Waals surface area contributed by atoms with Crippen molar-refractivity contribution in [3.8, 4) is 6.07 Å². The third-order valence-corrected chi connectivity index (χ3v) is 6.90. The van der Waals surface area contributed by atoms with Gasteiger partial charge in [-0.25, -0.2) is 0 Å². The molecule has 2 aromatic rings. The molecular weight excluding hydrogens is 411 g/mol. The first kappa shape index (κ1) is 24.7. The highest BCUT2D eigenvalue weighted by Crippen LogP contribution is 2.40. The van der Waals surface area contributed by atoms with E-state index in [0.717, 1.165) is 45.3 Å². The van der Waals surface area contributed by atoms with Crippen LogP contribution in [-0.2, 0) is 12.8 Å². The van der Waals surface area contributed by atoms with Gasteiger partial charge in [0.25, 0.3) is 0 Å². The number of aryl methyl sites for hydroxylation is 1. The van der Waals surface area contributed by atoms with Crippen LogP contribution in [0.3, 0.4) is 0 Å². The van der Waals surface area contributed by atoms with Gasteiger partial charge in [-0.2, -0.15) is 5.26 Å². The highest BCUT2D eigenvalue weighted by Gasteiger charge is 2.32. The summed E-state index contributed by atoms with van der Waals surface area (Å²) in [4.78, 5) is 2.56. The Hall–Kier alpha value is -1.53. The van der Waals surface area contributed by atoms with Gasteiger partial charge >= 0.3 is 0 Å². The number of hydrogen-bond acceptors (Lipinski definition) is 2. The molecule has 1 fully saturated rings. The molecule has 0 spiro atoms. The summed E-state index contributed by atoms with van der Waals surface area (Å²) in [6.07, 6.45) is 5.49. The third kappa shape index (κ3) is 8.31. The lowest BCUT2D eigenvalue weighted by molar-refractivity contribution is 0.288. The van der Waals surface area contributed by atoms with Gasteiger partial charge in [0.1, 0.15) is 0 Å². The zero-order chi connectivity index (χ0) is 21.8. The quantitative estimate of drug-likeness (QED) is 0.397. The van der Waals surface area contributed by atoms with E-state index in [4.69, 9.17) is 28.5 Å². The molecule has 0 N–H and O–H groups in total. The summed E-state index contributed by atoms with van der Waals surface area (Å²) in [5.74, 6) is 0.526. The number of nitrogens with zero attached hydrogens (tertiary/aromatic N) is 2. The molecule has 0 radical (unpaired) electrons. The lowest BCUT2D eigenvalue weighted by Gasteiger charge is -2.20. The number of alkyl halides is 2. The van der Waals surface area contributed by atoms with Gasteiger partial charge in [0.2, 0.25) is 0 Å². The summed E-state index contributed by atoms with van der Waals surface area (Å²) < 4.78 is 0. The highest BCUT2D eigenvalue weighted by molar-refractivity contribution is 6.30. The van der Waals surface area contributed by atoms with Crippen LogP contribution in [0.1, 0.15) is 55.7 Å². The van der Waals surface area contributed by atoms with Gasteiger partial charge in [0.15, 0.2) is 0 Å². The van der Waals surface area contributed by atoms with E-state index >= 15 is 0 Å². The van der Waals surface area contributed by atoms with Gasteiger partial charge in [-0.3, -0.25) is 0 Å². The first-order chi connectivity index (χ1) is 14.6. The molecular formula is C26H34Cl2N2. The zero-order valence-corrected chi connectivity index (χ0v) is 19.7. The Labute approximate surface area is 192 Å². The first-order valence-corrected chi connectivity index (χ1v) is 11.9. The Kier molecular flexibility index (Phi) is 11.3. The number of halogens is 2. The van der Waals surface area contributed by atoms with E-state index in [1.165, 1.54) is 30.0 Å². The van der Waals surface area contributed by atoms with Crippen LogP contribution in [0.25, 0.3) is 0 Å². The average molecular weight is 445 g/mol. The van der Waals surface area contributed by atoms with Crippen molar-refractivity contribution < 1.29 is 0 Å². The fourth-order valence-electron chi connectivity index (χ4n) is 4.03. The van der Waals surface area contributed by atoms with Crippen molar-refractivity contribution >= 4 is 23.2 Å². The van der Waals surface area contributed by atoms with Crippen molar-refractivity contribution in [1.82, 2.24) is 4.90 Å². The third-order valence-electron chi connectivity index (χ3n) is 5.81.